The highest BCUT2D eigenvalue weighted by Gasteiger charge is 2.23. The van der Waals surface area contributed by atoms with Crippen molar-refractivity contribution in [3.05, 3.63) is 82.4 Å². The van der Waals surface area contributed by atoms with Crippen LogP contribution in [0.5, 0.6) is 0 Å². The molecule has 0 saturated heterocycles. The van der Waals surface area contributed by atoms with Gasteiger partial charge in [-0.1, -0.05) is 29.4 Å². The van der Waals surface area contributed by atoms with Crippen molar-refractivity contribution in [2.45, 2.75) is 46.4 Å². The number of nitrogens with zero attached hydrogens (tertiary/aromatic N) is 2. The predicted octanol–water partition coefficient (Wildman–Crippen LogP) is 5.36. The van der Waals surface area contributed by atoms with Crippen LogP contribution in [0.1, 0.15) is 52.9 Å². The quantitative estimate of drug-likeness (QED) is 0.265. The van der Waals surface area contributed by atoms with Gasteiger partial charge in [0, 0.05) is 52.0 Å². The summed E-state index contributed by atoms with van der Waals surface area (Å²) in [6, 6.07) is 18.1. The predicted molar refractivity (Wildman–Crippen MR) is 127 cm³/mol. The van der Waals surface area contributed by atoms with Gasteiger partial charge < -0.3 is 14.5 Å². The van der Waals surface area contributed by atoms with Gasteiger partial charge in [0.1, 0.15) is 0 Å². The molecule has 32 heavy (non-hydrogen) atoms. The van der Waals surface area contributed by atoms with E-state index in [9.17, 15) is 9.90 Å². The minimum atomic E-state index is -0.938. The molecule has 0 spiro atoms. The summed E-state index contributed by atoms with van der Waals surface area (Å²) in [5, 5.41) is 15.8. The first-order valence-corrected chi connectivity index (χ1v) is 11.1. The highest BCUT2D eigenvalue weighted by molar-refractivity contribution is 6.17. The zero-order valence-corrected chi connectivity index (χ0v) is 18.6. The lowest BCUT2D eigenvalue weighted by Gasteiger charge is -2.06. The van der Waals surface area contributed by atoms with Gasteiger partial charge in [-0.15, -0.1) is 0 Å². The molecule has 162 valence electrons. The number of carbonyl (C=O) groups excluding carboxylic acids is 1. The monoisotopic (exact) mass is 426 g/mol. The van der Waals surface area contributed by atoms with E-state index in [0.29, 0.717) is 5.56 Å². The fourth-order valence-electron chi connectivity index (χ4n) is 4.75. The number of fused-ring (bicyclic) bond motifs is 4. The molecule has 1 N–H and O–H groups in total. The molecule has 1 aliphatic rings. The highest BCUT2D eigenvalue weighted by atomic mass is 16.7. The molecule has 0 fully saturated rings. The molecule has 0 aliphatic heterocycles. The highest BCUT2D eigenvalue weighted by Crippen LogP contribution is 2.35. The van der Waals surface area contributed by atoms with Crippen LogP contribution < -0.4 is 0 Å². The van der Waals surface area contributed by atoms with Gasteiger partial charge >= 0.3 is 0 Å². The van der Waals surface area contributed by atoms with Crippen LogP contribution >= 0.6 is 0 Å². The Kier molecular flexibility index (Phi) is 5.06. The third-order valence-electron chi connectivity index (χ3n) is 6.32. The molecule has 0 amide bonds. The normalized spacial score (nSPS) is 15.4. The Balaban J connectivity index is 1.69. The maximum atomic E-state index is 13.2. The molecule has 0 bridgehead atoms. The number of aliphatic hydroxyl groups is 1. The summed E-state index contributed by atoms with van der Waals surface area (Å²) < 4.78 is 2.30. The van der Waals surface area contributed by atoms with E-state index in [4.69, 9.17) is 4.84 Å². The largest absolute Gasteiger partial charge is 0.364 e. The van der Waals surface area contributed by atoms with Crippen LogP contribution in [0.3, 0.4) is 0 Å². The third kappa shape index (κ3) is 3.30. The first-order chi connectivity index (χ1) is 15.5. The maximum absolute atomic E-state index is 13.2. The molecule has 1 aliphatic carbocycles. The van der Waals surface area contributed by atoms with Crippen molar-refractivity contribution in [3.63, 3.8) is 0 Å². The van der Waals surface area contributed by atoms with Crippen LogP contribution in [0.25, 0.3) is 21.8 Å². The summed E-state index contributed by atoms with van der Waals surface area (Å²) in [6.45, 7) is 6.50. The molecular weight excluding hydrogens is 400 g/mol. The van der Waals surface area contributed by atoms with Crippen LogP contribution in [-0.4, -0.2) is 27.5 Å². The van der Waals surface area contributed by atoms with Crippen molar-refractivity contribution in [1.82, 2.24) is 4.57 Å². The Bertz CT molecular complexity index is 1400. The molecule has 3 aromatic carbocycles. The number of aryl methyl sites for hydroxylation is 3. The lowest BCUT2D eigenvalue weighted by molar-refractivity contribution is -0.0837. The van der Waals surface area contributed by atoms with E-state index in [2.05, 4.69) is 34.8 Å². The van der Waals surface area contributed by atoms with E-state index in [1.165, 1.54) is 11.1 Å². The second-order valence-corrected chi connectivity index (χ2v) is 8.39. The summed E-state index contributed by atoms with van der Waals surface area (Å²) in [7, 11) is 0. The van der Waals surface area contributed by atoms with Gasteiger partial charge in [-0.3, -0.25) is 4.79 Å². The molecule has 5 heteroatoms. The molecule has 1 aromatic heterocycles. The third-order valence-corrected chi connectivity index (χ3v) is 6.32. The second-order valence-electron chi connectivity index (χ2n) is 8.39. The van der Waals surface area contributed by atoms with Crippen molar-refractivity contribution >= 4 is 33.3 Å². The molecule has 5 rings (SSSR count). The molecule has 1 heterocycles. The van der Waals surface area contributed by atoms with Crippen molar-refractivity contribution in [3.8, 4) is 0 Å². The number of ketones is 1. The Labute approximate surface area is 186 Å². The SMILES string of the molecule is CCn1c2ccc(C(=O)c3ccccc3C)cc2c2cc3c(cc21)CC/C3=N\OC(C)O. The zero-order valence-electron chi connectivity index (χ0n) is 18.6. The molecule has 1 unspecified atom stereocenters. The molecule has 4 aromatic rings. The van der Waals surface area contributed by atoms with Crippen LogP contribution in [-0.2, 0) is 17.8 Å². The Hall–Kier alpha value is -3.44. The van der Waals surface area contributed by atoms with Gasteiger partial charge in [0.15, 0.2) is 5.78 Å². The van der Waals surface area contributed by atoms with Gasteiger partial charge in [0.2, 0.25) is 6.29 Å². The maximum Gasteiger partial charge on any atom is 0.221 e. The van der Waals surface area contributed by atoms with Crippen molar-refractivity contribution in [2.75, 3.05) is 0 Å². The van der Waals surface area contributed by atoms with Gasteiger partial charge in [-0.25, -0.2) is 0 Å². The van der Waals surface area contributed by atoms with Crippen molar-refractivity contribution in [1.29, 1.82) is 0 Å². The smallest absolute Gasteiger partial charge is 0.221 e. The number of oxime groups is 1. The van der Waals surface area contributed by atoms with Crippen LogP contribution in [0, 0.1) is 6.92 Å². The van der Waals surface area contributed by atoms with E-state index in [-0.39, 0.29) is 5.78 Å². The van der Waals surface area contributed by atoms with Crippen LogP contribution in [0.15, 0.2) is 59.8 Å². The van der Waals surface area contributed by atoms with Gasteiger partial charge in [0.05, 0.1) is 5.71 Å². The molecule has 5 nitrogen and oxygen atoms in total. The summed E-state index contributed by atoms with van der Waals surface area (Å²) in [5.74, 6) is 0.0381. The Morgan fingerprint density at radius 2 is 1.88 bits per heavy atom. The number of carbonyl (C=O) groups is 1. The second kappa shape index (κ2) is 7.92. The summed E-state index contributed by atoms with van der Waals surface area (Å²) in [6.07, 6.45) is 0.748. The summed E-state index contributed by atoms with van der Waals surface area (Å²) in [5.41, 5.74) is 7.83. The van der Waals surface area contributed by atoms with E-state index >= 15 is 0 Å². The number of hydrogen-bond donors (Lipinski definition) is 1. The number of aliphatic hydroxyl groups excluding tert-OH is 1. The Morgan fingerprint density at radius 1 is 1.09 bits per heavy atom. The van der Waals surface area contributed by atoms with E-state index < -0.39 is 6.29 Å². The summed E-state index contributed by atoms with van der Waals surface area (Å²) >= 11 is 0. The minimum Gasteiger partial charge on any atom is -0.364 e. The fraction of sp³-hybridized carbons (Fsp3) is 0.259. The minimum absolute atomic E-state index is 0.0381. The standard InChI is InChI=1S/C27H26N2O3/c1-4-29-25-12-10-19(27(31)20-8-6-5-7-16(20)2)13-22(25)23-15-21-18(14-26(23)29)9-11-24(21)28-32-17(3)30/h5-8,10,12-15,17,30H,4,9,11H2,1-3H3/b28-24+. The molecule has 1 atom stereocenters. The van der Waals surface area contributed by atoms with Crippen molar-refractivity contribution < 1.29 is 14.7 Å². The molecule has 0 radical (unpaired) electrons. The number of benzene rings is 3. The van der Waals surface area contributed by atoms with E-state index in [0.717, 1.165) is 58.1 Å². The molecule has 0 saturated carbocycles. The average Bonchev–Trinajstić information content (AvgIpc) is 3.33. The summed E-state index contributed by atoms with van der Waals surface area (Å²) in [4.78, 5) is 18.4. The fourth-order valence-corrected chi connectivity index (χ4v) is 4.75. The number of aromatic nitrogens is 1. The number of hydrogen-bond acceptors (Lipinski definition) is 4. The van der Waals surface area contributed by atoms with Gasteiger partial charge in [-0.05, 0) is 68.1 Å². The van der Waals surface area contributed by atoms with Crippen LogP contribution in [0.2, 0.25) is 0 Å². The zero-order chi connectivity index (χ0) is 22.4. The van der Waals surface area contributed by atoms with Gasteiger partial charge in [0.25, 0.3) is 0 Å². The first-order valence-electron chi connectivity index (χ1n) is 11.1. The Morgan fingerprint density at radius 3 is 2.62 bits per heavy atom. The average molecular weight is 427 g/mol. The lowest BCUT2D eigenvalue weighted by Crippen LogP contribution is -2.04. The topological polar surface area (TPSA) is 63.8 Å². The van der Waals surface area contributed by atoms with Crippen molar-refractivity contribution in [2.24, 2.45) is 5.16 Å². The van der Waals surface area contributed by atoms with E-state index in [1.807, 2.05) is 43.3 Å². The van der Waals surface area contributed by atoms with Crippen LogP contribution in [0.4, 0.5) is 0 Å². The lowest BCUT2D eigenvalue weighted by atomic mass is 9.97. The van der Waals surface area contributed by atoms with E-state index in [1.54, 1.807) is 6.92 Å². The first kappa shape index (κ1) is 20.5. The molecular formula is C27H26N2O3. The number of rotatable bonds is 5. The van der Waals surface area contributed by atoms with Gasteiger partial charge in [-0.2, -0.15) is 0 Å².